The van der Waals surface area contributed by atoms with Gasteiger partial charge in [0.15, 0.2) is 0 Å². The van der Waals surface area contributed by atoms with Crippen molar-refractivity contribution in [1.29, 1.82) is 0 Å². The maximum atomic E-state index is 3.56. The molecule has 0 saturated heterocycles. The summed E-state index contributed by atoms with van der Waals surface area (Å²) in [7, 11) is 0. The number of nitrogens with one attached hydrogen (secondary N) is 1. The van der Waals surface area contributed by atoms with Crippen molar-refractivity contribution in [2.24, 2.45) is 0 Å². The molecule has 0 radical (unpaired) electrons. The van der Waals surface area contributed by atoms with Crippen LogP contribution in [0.1, 0.15) is 126 Å². The Morgan fingerprint density at radius 3 is 2.00 bits per heavy atom. The summed E-state index contributed by atoms with van der Waals surface area (Å²) in [6.07, 6.45) is 30.2. The summed E-state index contributed by atoms with van der Waals surface area (Å²) in [5.74, 6) is 0. The highest BCUT2D eigenvalue weighted by Crippen LogP contribution is 2.30. The first-order chi connectivity index (χ1) is 14.3. The van der Waals surface area contributed by atoms with E-state index in [0.717, 1.165) is 0 Å². The van der Waals surface area contributed by atoms with Crippen molar-refractivity contribution in [3.8, 4) is 0 Å². The molecule has 1 aromatic carbocycles. The normalized spacial score (nSPS) is 15.3. The molecule has 1 N–H and O–H groups in total. The molecule has 0 aliphatic heterocycles. The van der Waals surface area contributed by atoms with Gasteiger partial charge in [-0.2, -0.15) is 0 Å². The average Bonchev–Trinajstić information content (AvgIpc) is 3.15. The first kappa shape index (κ1) is 23.8. The molecule has 162 valence electrons. The maximum absolute atomic E-state index is 3.56. The molecule has 0 amide bonds. The van der Waals surface area contributed by atoms with Crippen LogP contribution in [0.4, 0.5) is 0 Å². The minimum absolute atomic E-state index is 0.346. The summed E-state index contributed by atoms with van der Waals surface area (Å²) in [6.45, 7) is 4.50. The Morgan fingerprint density at radius 2 is 1.38 bits per heavy atom. The third-order valence-electron chi connectivity index (χ3n) is 6.26. The lowest BCUT2D eigenvalue weighted by molar-refractivity contribution is 0.536. The molecule has 1 nitrogen and oxygen atoms in total. The van der Waals surface area contributed by atoms with Gasteiger partial charge in [-0.1, -0.05) is 127 Å². The molecule has 1 aromatic rings. The Kier molecular flexibility index (Phi) is 12.6. The van der Waals surface area contributed by atoms with Gasteiger partial charge in [0.1, 0.15) is 0 Å². The van der Waals surface area contributed by atoms with E-state index in [1.807, 2.05) is 0 Å². The highest BCUT2D eigenvalue weighted by atomic mass is 14.9. The Bertz CT molecular complexity index is 598. The van der Waals surface area contributed by atoms with Crippen LogP contribution >= 0.6 is 0 Å². The van der Waals surface area contributed by atoms with Gasteiger partial charge in [-0.3, -0.25) is 0 Å². The fourth-order valence-electron chi connectivity index (χ4n) is 4.42. The second-order valence-electron chi connectivity index (χ2n) is 8.87. The van der Waals surface area contributed by atoms with Gasteiger partial charge in [-0.15, -0.1) is 0 Å². The van der Waals surface area contributed by atoms with Gasteiger partial charge >= 0.3 is 0 Å². The zero-order valence-electron chi connectivity index (χ0n) is 19.2. The minimum Gasteiger partial charge on any atom is -0.381 e. The molecule has 1 heteroatoms. The number of hydrogen-bond donors (Lipinski definition) is 1. The maximum Gasteiger partial charge on any atom is 0.0704 e. The molecule has 1 unspecified atom stereocenters. The van der Waals surface area contributed by atoms with Gasteiger partial charge in [0, 0.05) is 0 Å². The molecular formula is C28H45N. The smallest absolute Gasteiger partial charge is 0.0704 e. The van der Waals surface area contributed by atoms with Crippen molar-refractivity contribution in [1.82, 2.24) is 5.32 Å². The SMILES string of the molecule is CCCCCCCCCCCCCCCC/C=C\NC1C=Cc2cccc(C)c21. The zero-order chi connectivity index (χ0) is 20.6. The number of aryl methyl sites for hydroxylation is 1. The van der Waals surface area contributed by atoms with Gasteiger partial charge in [0.2, 0.25) is 0 Å². The van der Waals surface area contributed by atoms with Gasteiger partial charge in [0.25, 0.3) is 0 Å². The Balaban J connectivity index is 1.37. The standard InChI is InChI=1S/C28H45N/c1-3-4-5-6-7-8-9-10-11-12-13-14-15-16-17-18-24-29-27-23-22-26-21-19-20-25(2)28(26)27/h18-24,27,29H,3-17H2,1-2H3/b24-18-. The Hall–Kier alpha value is -1.50. The number of allylic oxidation sites excluding steroid dienone is 1. The fourth-order valence-corrected chi connectivity index (χ4v) is 4.42. The summed E-state index contributed by atoms with van der Waals surface area (Å²) in [5.41, 5.74) is 4.18. The van der Waals surface area contributed by atoms with Crippen LogP contribution in [0.3, 0.4) is 0 Å². The van der Waals surface area contributed by atoms with Crippen molar-refractivity contribution >= 4 is 6.08 Å². The van der Waals surface area contributed by atoms with E-state index in [1.165, 1.54) is 113 Å². The van der Waals surface area contributed by atoms with Crippen LogP contribution in [0, 0.1) is 6.92 Å². The number of fused-ring (bicyclic) bond motifs is 1. The zero-order valence-corrected chi connectivity index (χ0v) is 19.2. The van der Waals surface area contributed by atoms with Gasteiger partial charge in [-0.25, -0.2) is 0 Å². The molecule has 1 aliphatic rings. The van der Waals surface area contributed by atoms with Crippen LogP contribution < -0.4 is 5.32 Å². The topological polar surface area (TPSA) is 12.0 Å². The van der Waals surface area contributed by atoms with Crippen molar-refractivity contribution in [3.63, 3.8) is 0 Å². The summed E-state index contributed by atoms with van der Waals surface area (Å²) in [4.78, 5) is 0. The van der Waals surface area contributed by atoms with Gasteiger partial charge < -0.3 is 5.32 Å². The summed E-state index contributed by atoms with van der Waals surface area (Å²) in [5, 5.41) is 3.56. The lowest BCUT2D eigenvalue weighted by Gasteiger charge is -2.14. The molecular weight excluding hydrogens is 350 g/mol. The summed E-state index contributed by atoms with van der Waals surface area (Å²) in [6, 6.07) is 6.91. The van der Waals surface area contributed by atoms with Crippen LogP contribution in [0.15, 0.2) is 36.6 Å². The van der Waals surface area contributed by atoms with Gasteiger partial charge in [0.05, 0.1) is 6.04 Å². The number of unbranched alkanes of at least 4 members (excludes halogenated alkanes) is 14. The summed E-state index contributed by atoms with van der Waals surface area (Å²) >= 11 is 0. The minimum atomic E-state index is 0.346. The number of benzene rings is 1. The van der Waals surface area contributed by atoms with Crippen molar-refractivity contribution < 1.29 is 0 Å². The second-order valence-corrected chi connectivity index (χ2v) is 8.87. The van der Waals surface area contributed by atoms with E-state index >= 15 is 0 Å². The van der Waals surface area contributed by atoms with E-state index in [0.29, 0.717) is 6.04 Å². The number of hydrogen-bond acceptors (Lipinski definition) is 1. The molecule has 0 fully saturated rings. The Labute approximate surface area is 181 Å². The third-order valence-corrected chi connectivity index (χ3v) is 6.26. The first-order valence-electron chi connectivity index (χ1n) is 12.5. The highest BCUT2D eigenvalue weighted by Gasteiger charge is 2.17. The van der Waals surface area contributed by atoms with Crippen molar-refractivity contribution in [2.75, 3.05) is 0 Å². The number of rotatable bonds is 17. The highest BCUT2D eigenvalue weighted by molar-refractivity contribution is 5.64. The van der Waals surface area contributed by atoms with Crippen LogP contribution in [0.2, 0.25) is 0 Å². The van der Waals surface area contributed by atoms with Crippen LogP contribution in [0.25, 0.3) is 6.08 Å². The molecule has 0 spiro atoms. The average molecular weight is 396 g/mol. The lowest BCUT2D eigenvalue weighted by Crippen LogP contribution is -2.12. The molecule has 0 bridgehead atoms. The molecule has 29 heavy (non-hydrogen) atoms. The van der Waals surface area contributed by atoms with E-state index < -0.39 is 0 Å². The van der Waals surface area contributed by atoms with E-state index in [4.69, 9.17) is 0 Å². The second kappa shape index (κ2) is 15.4. The lowest BCUT2D eigenvalue weighted by atomic mass is 10.0. The first-order valence-corrected chi connectivity index (χ1v) is 12.5. The fraction of sp³-hybridized carbons (Fsp3) is 0.643. The molecule has 0 saturated carbocycles. The predicted octanol–water partition coefficient (Wildman–Crippen LogP) is 9.04. The predicted molar refractivity (Wildman–Crippen MR) is 130 cm³/mol. The third kappa shape index (κ3) is 9.70. The van der Waals surface area contributed by atoms with Crippen LogP contribution in [0.5, 0.6) is 0 Å². The quantitative estimate of drug-likeness (QED) is 0.259. The van der Waals surface area contributed by atoms with E-state index in [2.05, 4.69) is 61.8 Å². The monoisotopic (exact) mass is 395 g/mol. The molecule has 2 rings (SSSR count). The van der Waals surface area contributed by atoms with E-state index in [-0.39, 0.29) is 0 Å². The molecule has 1 atom stereocenters. The van der Waals surface area contributed by atoms with Crippen LogP contribution in [-0.4, -0.2) is 0 Å². The largest absolute Gasteiger partial charge is 0.381 e. The van der Waals surface area contributed by atoms with Gasteiger partial charge in [-0.05, 0) is 42.7 Å². The van der Waals surface area contributed by atoms with Crippen molar-refractivity contribution in [3.05, 3.63) is 53.2 Å². The van der Waals surface area contributed by atoms with Crippen molar-refractivity contribution in [2.45, 2.75) is 116 Å². The van der Waals surface area contributed by atoms with Crippen LogP contribution in [-0.2, 0) is 0 Å². The van der Waals surface area contributed by atoms with E-state index in [1.54, 1.807) is 0 Å². The molecule has 0 aromatic heterocycles. The summed E-state index contributed by atoms with van der Waals surface area (Å²) < 4.78 is 0. The molecule has 1 aliphatic carbocycles. The van der Waals surface area contributed by atoms with E-state index in [9.17, 15) is 0 Å². The Morgan fingerprint density at radius 1 is 0.793 bits per heavy atom. The molecule has 0 heterocycles.